The summed E-state index contributed by atoms with van der Waals surface area (Å²) in [6.45, 7) is 0. The molecule has 0 spiro atoms. The third-order valence-electron chi connectivity index (χ3n) is 1.98. The fraction of sp³-hybridized carbons (Fsp3) is 0.182. The van der Waals surface area contributed by atoms with E-state index in [1.807, 2.05) is 0 Å². The molecule has 0 saturated carbocycles. The quantitative estimate of drug-likeness (QED) is 0.610. The normalized spacial score (nSPS) is 12.3. The molecule has 0 fully saturated rings. The van der Waals surface area contributed by atoms with Crippen LogP contribution in [0.25, 0.3) is 6.08 Å². The van der Waals surface area contributed by atoms with E-state index in [1.165, 1.54) is 24.3 Å². The SMILES string of the molecule is COC(=O)/C(F)=C/c1ccc(S(C)(=O)=O)cc1. The van der Waals surface area contributed by atoms with E-state index in [-0.39, 0.29) is 4.90 Å². The fourth-order valence-corrected chi connectivity index (χ4v) is 1.74. The van der Waals surface area contributed by atoms with E-state index < -0.39 is 21.6 Å². The van der Waals surface area contributed by atoms with Crippen molar-refractivity contribution < 1.29 is 22.3 Å². The van der Waals surface area contributed by atoms with Gasteiger partial charge in [-0.15, -0.1) is 0 Å². The molecule has 1 aromatic rings. The second-order valence-corrected chi connectivity index (χ2v) is 5.34. The molecule has 0 amide bonds. The van der Waals surface area contributed by atoms with E-state index in [2.05, 4.69) is 4.74 Å². The summed E-state index contributed by atoms with van der Waals surface area (Å²) in [5, 5.41) is 0. The molecule has 0 aliphatic carbocycles. The standard InChI is InChI=1S/C11H11FO4S/c1-16-11(13)10(12)7-8-3-5-9(6-4-8)17(2,14)15/h3-7H,1-2H3/b10-7-. The summed E-state index contributed by atoms with van der Waals surface area (Å²) >= 11 is 0. The number of esters is 1. The maximum atomic E-state index is 13.1. The lowest BCUT2D eigenvalue weighted by molar-refractivity contribution is -0.137. The van der Waals surface area contributed by atoms with Crippen molar-refractivity contribution in [3.05, 3.63) is 35.7 Å². The summed E-state index contributed by atoms with van der Waals surface area (Å²) in [7, 11) is -2.20. The van der Waals surface area contributed by atoms with Crippen LogP contribution in [0.15, 0.2) is 35.0 Å². The number of rotatable bonds is 3. The number of benzene rings is 1. The van der Waals surface area contributed by atoms with Crippen molar-refractivity contribution in [3.63, 3.8) is 0 Å². The highest BCUT2D eigenvalue weighted by molar-refractivity contribution is 7.90. The second-order valence-electron chi connectivity index (χ2n) is 3.33. The van der Waals surface area contributed by atoms with Gasteiger partial charge in [-0.2, -0.15) is 4.39 Å². The number of hydrogen-bond donors (Lipinski definition) is 0. The minimum atomic E-state index is -3.28. The highest BCUT2D eigenvalue weighted by Gasteiger charge is 2.09. The van der Waals surface area contributed by atoms with Gasteiger partial charge in [0.05, 0.1) is 12.0 Å². The highest BCUT2D eigenvalue weighted by Crippen LogP contribution is 2.13. The monoisotopic (exact) mass is 258 g/mol. The van der Waals surface area contributed by atoms with Gasteiger partial charge < -0.3 is 4.74 Å². The Balaban J connectivity index is 3.01. The number of hydrogen-bond acceptors (Lipinski definition) is 4. The zero-order chi connectivity index (χ0) is 13.1. The average molecular weight is 258 g/mol. The Morgan fingerprint density at radius 2 is 1.82 bits per heavy atom. The first-order chi connectivity index (χ1) is 7.84. The summed E-state index contributed by atoms with van der Waals surface area (Å²) in [5.74, 6) is -2.11. The summed E-state index contributed by atoms with van der Waals surface area (Å²) in [6.07, 6.45) is 2.05. The highest BCUT2D eigenvalue weighted by atomic mass is 32.2. The predicted octanol–water partition coefficient (Wildman–Crippen LogP) is 1.57. The van der Waals surface area contributed by atoms with Crippen molar-refractivity contribution in [1.29, 1.82) is 0 Å². The lowest BCUT2D eigenvalue weighted by Crippen LogP contribution is -2.00. The molecule has 0 aromatic heterocycles. The number of carbonyl (C=O) groups is 1. The molecular weight excluding hydrogens is 247 g/mol. The van der Waals surface area contributed by atoms with E-state index in [9.17, 15) is 17.6 Å². The number of methoxy groups -OCH3 is 1. The summed E-state index contributed by atoms with van der Waals surface area (Å²) < 4.78 is 39.6. The minimum absolute atomic E-state index is 0.133. The van der Waals surface area contributed by atoms with E-state index in [0.717, 1.165) is 19.4 Å². The molecule has 0 radical (unpaired) electrons. The minimum Gasteiger partial charge on any atom is -0.464 e. The Kier molecular flexibility index (Phi) is 4.01. The van der Waals surface area contributed by atoms with Gasteiger partial charge in [0.2, 0.25) is 5.83 Å². The Hall–Kier alpha value is -1.69. The second kappa shape index (κ2) is 5.09. The van der Waals surface area contributed by atoms with Crippen LogP contribution in [0.1, 0.15) is 5.56 Å². The summed E-state index contributed by atoms with van der Waals surface area (Å²) in [4.78, 5) is 10.9. The topological polar surface area (TPSA) is 60.4 Å². The predicted molar refractivity (Wildman–Crippen MR) is 60.7 cm³/mol. The lowest BCUT2D eigenvalue weighted by Gasteiger charge is -1.99. The largest absolute Gasteiger partial charge is 0.464 e. The number of carbonyl (C=O) groups excluding carboxylic acids is 1. The summed E-state index contributed by atoms with van der Waals surface area (Å²) in [6, 6.07) is 5.48. The number of halogens is 1. The van der Waals surface area contributed by atoms with Crippen LogP contribution in [0.2, 0.25) is 0 Å². The third kappa shape index (κ3) is 3.67. The first-order valence-corrected chi connectivity index (χ1v) is 6.49. The average Bonchev–Trinajstić information content (AvgIpc) is 2.27. The van der Waals surface area contributed by atoms with Crippen LogP contribution in [0.3, 0.4) is 0 Å². The molecule has 1 aromatic carbocycles. The molecule has 0 N–H and O–H groups in total. The van der Waals surface area contributed by atoms with Crippen molar-refractivity contribution in [2.24, 2.45) is 0 Å². The number of sulfone groups is 1. The van der Waals surface area contributed by atoms with Crippen LogP contribution in [-0.4, -0.2) is 27.8 Å². The number of ether oxygens (including phenoxy) is 1. The Bertz CT molecular complexity index is 543. The molecule has 0 unspecified atom stereocenters. The molecule has 0 saturated heterocycles. The molecule has 0 atom stereocenters. The van der Waals surface area contributed by atoms with Crippen LogP contribution in [0.4, 0.5) is 4.39 Å². The van der Waals surface area contributed by atoms with Gasteiger partial charge in [-0.25, -0.2) is 13.2 Å². The first-order valence-electron chi connectivity index (χ1n) is 4.60. The van der Waals surface area contributed by atoms with Crippen LogP contribution >= 0.6 is 0 Å². The van der Waals surface area contributed by atoms with Crippen LogP contribution < -0.4 is 0 Å². The van der Waals surface area contributed by atoms with Crippen molar-refractivity contribution in [2.45, 2.75) is 4.90 Å². The molecule has 0 aliphatic heterocycles. The Morgan fingerprint density at radius 1 is 1.29 bits per heavy atom. The van der Waals surface area contributed by atoms with Gasteiger partial charge in [0, 0.05) is 6.26 Å². The van der Waals surface area contributed by atoms with Crippen LogP contribution in [-0.2, 0) is 19.4 Å². The molecule has 92 valence electrons. The molecular formula is C11H11FO4S. The molecule has 0 bridgehead atoms. The summed E-state index contributed by atoms with van der Waals surface area (Å²) in [5.41, 5.74) is 0.375. The molecule has 17 heavy (non-hydrogen) atoms. The van der Waals surface area contributed by atoms with Crippen LogP contribution in [0, 0.1) is 0 Å². The van der Waals surface area contributed by atoms with Crippen molar-refractivity contribution >= 4 is 21.9 Å². The van der Waals surface area contributed by atoms with E-state index in [4.69, 9.17) is 0 Å². The molecule has 6 heteroatoms. The van der Waals surface area contributed by atoms with Gasteiger partial charge in [-0.05, 0) is 23.8 Å². The van der Waals surface area contributed by atoms with E-state index >= 15 is 0 Å². The Labute approximate surface area is 98.6 Å². The van der Waals surface area contributed by atoms with Gasteiger partial charge >= 0.3 is 5.97 Å². The van der Waals surface area contributed by atoms with Gasteiger partial charge in [0.25, 0.3) is 0 Å². The van der Waals surface area contributed by atoms with Gasteiger partial charge in [0.15, 0.2) is 9.84 Å². The molecule has 0 heterocycles. The lowest BCUT2D eigenvalue weighted by atomic mass is 10.2. The van der Waals surface area contributed by atoms with Crippen molar-refractivity contribution in [3.8, 4) is 0 Å². The zero-order valence-electron chi connectivity index (χ0n) is 9.31. The van der Waals surface area contributed by atoms with E-state index in [1.54, 1.807) is 0 Å². The van der Waals surface area contributed by atoms with Crippen LogP contribution in [0.5, 0.6) is 0 Å². The molecule has 4 nitrogen and oxygen atoms in total. The third-order valence-corrected chi connectivity index (χ3v) is 3.11. The van der Waals surface area contributed by atoms with Crippen molar-refractivity contribution in [2.75, 3.05) is 13.4 Å². The molecule has 1 rings (SSSR count). The van der Waals surface area contributed by atoms with Gasteiger partial charge in [0.1, 0.15) is 0 Å². The van der Waals surface area contributed by atoms with Gasteiger partial charge in [-0.1, -0.05) is 12.1 Å². The maximum absolute atomic E-state index is 13.1. The maximum Gasteiger partial charge on any atom is 0.366 e. The van der Waals surface area contributed by atoms with E-state index in [0.29, 0.717) is 5.56 Å². The van der Waals surface area contributed by atoms with Crippen molar-refractivity contribution in [1.82, 2.24) is 0 Å². The fourth-order valence-electron chi connectivity index (χ4n) is 1.11. The Morgan fingerprint density at radius 3 is 2.24 bits per heavy atom. The van der Waals surface area contributed by atoms with Gasteiger partial charge in [-0.3, -0.25) is 0 Å². The zero-order valence-corrected chi connectivity index (χ0v) is 10.1. The first kappa shape index (κ1) is 13.4. The smallest absolute Gasteiger partial charge is 0.366 e. The molecule has 0 aliphatic rings.